The monoisotopic (exact) mass is 308 g/mol. The number of nitrogens with zero attached hydrogens (tertiary/aromatic N) is 2. The van der Waals surface area contributed by atoms with Gasteiger partial charge < -0.3 is 5.11 Å². The minimum Gasteiger partial charge on any atom is -0.481 e. The normalized spacial score (nSPS) is 10.6. The molecule has 1 heterocycles. The van der Waals surface area contributed by atoms with Crippen molar-refractivity contribution in [3.8, 4) is 5.69 Å². The number of halogens is 1. The molecule has 1 aromatic carbocycles. The molecule has 0 unspecified atom stereocenters. The molecular weight excluding hydrogens is 296 g/mol. The van der Waals surface area contributed by atoms with Gasteiger partial charge in [-0.1, -0.05) is 15.9 Å². The van der Waals surface area contributed by atoms with Crippen molar-refractivity contribution >= 4 is 21.9 Å². The van der Waals surface area contributed by atoms with Gasteiger partial charge in [0.15, 0.2) is 0 Å². The maximum atomic E-state index is 10.7. The molecular formula is C13H13BrN2O2. The first-order valence-electron chi connectivity index (χ1n) is 5.51. The largest absolute Gasteiger partial charge is 0.481 e. The van der Waals surface area contributed by atoms with Crippen LogP contribution in [0.2, 0.25) is 0 Å². The SMILES string of the molecule is Cc1cc(Br)ccc1-n1cc(CC(=O)O)c(C)n1. The standard InChI is InChI=1S/C13H13BrN2O2/c1-8-5-11(14)3-4-12(8)16-7-10(6-13(17)18)9(2)15-16/h3-5,7H,6H2,1-2H3,(H,17,18). The average molecular weight is 309 g/mol. The van der Waals surface area contributed by atoms with Crippen LogP contribution in [0.5, 0.6) is 0 Å². The Bertz CT molecular complexity index is 605. The Hall–Kier alpha value is -1.62. The van der Waals surface area contributed by atoms with Crippen molar-refractivity contribution in [1.29, 1.82) is 0 Å². The number of aromatic nitrogens is 2. The summed E-state index contributed by atoms with van der Waals surface area (Å²) >= 11 is 3.41. The molecule has 1 N–H and O–H groups in total. The summed E-state index contributed by atoms with van der Waals surface area (Å²) in [4.78, 5) is 10.7. The Morgan fingerprint density at radius 3 is 2.78 bits per heavy atom. The van der Waals surface area contributed by atoms with E-state index in [1.165, 1.54) is 0 Å². The van der Waals surface area contributed by atoms with Crippen molar-refractivity contribution in [3.05, 3.63) is 45.7 Å². The molecule has 0 saturated carbocycles. The van der Waals surface area contributed by atoms with Crippen molar-refractivity contribution in [2.24, 2.45) is 0 Å². The minimum atomic E-state index is -0.842. The number of benzene rings is 1. The van der Waals surface area contributed by atoms with Crippen LogP contribution in [0, 0.1) is 13.8 Å². The Morgan fingerprint density at radius 1 is 1.44 bits per heavy atom. The van der Waals surface area contributed by atoms with Gasteiger partial charge in [-0.15, -0.1) is 0 Å². The molecule has 94 valence electrons. The van der Waals surface area contributed by atoms with Crippen LogP contribution >= 0.6 is 15.9 Å². The summed E-state index contributed by atoms with van der Waals surface area (Å²) in [5, 5.41) is 13.2. The Balaban J connectivity index is 2.42. The molecule has 0 aliphatic heterocycles. The number of carboxylic acid groups (broad SMARTS) is 1. The van der Waals surface area contributed by atoms with E-state index < -0.39 is 5.97 Å². The molecule has 2 aromatic rings. The van der Waals surface area contributed by atoms with Gasteiger partial charge in [-0.2, -0.15) is 5.10 Å². The van der Waals surface area contributed by atoms with Crippen LogP contribution in [0.15, 0.2) is 28.9 Å². The highest BCUT2D eigenvalue weighted by molar-refractivity contribution is 9.10. The number of hydrogen-bond donors (Lipinski definition) is 1. The van der Waals surface area contributed by atoms with Crippen LogP contribution in [-0.2, 0) is 11.2 Å². The Kier molecular flexibility index (Phi) is 3.52. The van der Waals surface area contributed by atoms with E-state index >= 15 is 0 Å². The van der Waals surface area contributed by atoms with E-state index in [9.17, 15) is 4.79 Å². The molecule has 0 amide bonds. The number of carbonyl (C=O) groups is 1. The lowest BCUT2D eigenvalue weighted by molar-refractivity contribution is -0.136. The van der Waals surface area contributed by atoms with Crippen LogP contribution in [0.3, 0.4) is 0 Å². The van der Waals surface area contributed by atoms with Gasteiger partial charge in [0.1, 0.15) is 0 Å². The fourth-order valence-electron chi connectivity index (χ4n) is 1.83. The van der Waals surface area contributed by atoms with E-state index in [0.29, 0.717) is 0 Å². The molecule has 0 atom stereocenters. The highest BCUT2D eigenvalue weighted by Gasteiger charge is 2.11. The van der Waals surface area contributed by atoms with Gasteiger partial charge in [0.2, 0.25) is 0 Å². The zero-order valence-corrected chi connectivity index (χ0v) is 11.7. The number of hydrogen-bond acceptors (Lipinski definition) is 2. The van der Waals surface area contributed by atoms with Crippen LogP contribution in [0.4, 0.5) is 0 Å². The molecule has 0 saturated heterocycles. The van der Waals surface area contributed by atoms with E-state index in [4.69, 9.17) is 5.11 Å². The van der Waals surface area contributed by atoms with E-state index in [1.807, 2.05) is 32.0 Å². The van der Waals surface area contributed by atoms with Gasteiger partial charge in [0.25, 0.3) is 0 Å². The number of aliphatic carboxylic acids is 1. The van der Waals surface area contributed by atoms with Crippen molar-refractivity contribution in [3.63, 3.8) is 0 Å². The van der Waals surface area contributed by atoms with Crippen molar-refractivity contribution in [1.82, 2.24) is 9.78 Å². The smallest absolute Gasteiger partial charge is 0.307 e. The first kappa shape index (κ1) is 12.8. The van der Waals surface area contributed by atoms with E-state index in [1.54, 1.807) is 10.9 Å². The van der Waals surface area contributed by atoms with Crippen LogP contribution in [0.25, 0.3) is 5.69 Å². The number of carboxylic acids is 1. The molecule has 0 aliphatic rings. The van der Waals surface area contributed by atoms with E-state index in [2.05, 4.69) is 21.0 Å². The average Bonchev–Trinajstić information content (AvgIpc) is 2.59. The van der Waals surface area contributed by atoms with Gasteiger partial charge in [0, 0.05) is 16.2 Å². The topological polar surface area (TPSA) is 55.1 Å². The predicted octanol–water partition coefficient (Wildman–Crippen LogP) is 2.88. The van der Waals surface area contributed by atoms with Crippen LogP contribution < -0.4 is 0 Å². The summed E-state index contributed by atoms with van der Waals surface area (Å²) in [5.74, 6) is -0.842. The fourth-order valence-corrected chi connectivity index (χ4v) is 2.31. The molecule has 18 heavy (non-hydrogen) atoms. The van der Waals surface area contributed by atoms with Crippen molar-refractivity contribution < 1.29 is 9.90 Å². The summed E-state index contributed by atoms with van der Waals surface area (Å²) in [6, 6.07) is 5.90. The lowest BCUT2D eigenvalue weighted by atomic mass is 10.2. The van der Waals surface area contributed by atoms with Crippen LogP contribution in [-0.4, -0.2) is 20.9 Å². The second-order valence-electron chi connectivity index (χ2n) is 4.19. The van der Waals surface area contributed by atoms with Crippen molar-refractivity contribution in [2.45, 2.75) is 20.3 Å². The zero-order valence-electron chi connectivity index (χ0n) is 10.1. The lowest BCUT2D eigenvalue weighted by Gasteiger charge is -2.05. The zero-order chi connectivity index (χ0) is 13.3. The Labute approximate surface area is 113 Å². The molecule has 0 bridgehead atoms. The van der Waals surface area contributed by atoms with E-state index in [-0.39, 0.29) is 6.42 Å². The summed E-state index contributed by atoms with van der Waals surface area (Å²) in [6.45, 7) is 3.82. The molecule has 0 spiro atoms. The molecule has 2 rings (SSSR count). The van der Waals surface area contributed by atoms with E-state index in [0.717, 1.165) is 27.0 Å². The molecule has 0 radical (unpaired) electrons. The molecule has 1 aromatic heterocycles. The quantitative estimate of drug-likeness (QED) is 0.948. The minimum absolute atomic E-state index is 0.00140. The maximum absolute atomic E-state index is 10.7. The fraction of sp³-hybridized carbons (Fsp3) is 0.231. The third kappa shape index (κ3) is 2.61. The third-order valence-electron chi connectivity index (χ3n) is 2.75. The summed E-state index contributed by atoms with van der Waals surface area (Å²) in [7, 11) is 0. The third-order valence-corrected chi connectivity index (χ3v) is 3.24. The number of aryl methyl sites for hydroxylation is 2. The second kappa shape index (κ2) is 4.94. The summed E-state index contributed by atoms with van der Waals surface area (Å²) in [5.41, 5.74) is 3.52. The summed E-state index contributed by atoms with van der Waals surface area (Å²) in [6.07, 6.45) is 1.78. The maximum Gasteiger partial charge on any atom is 0.307 e. The number of rotatable bonds is 3. The van der Waals surface area contributed by atoms with Gasteiger partial charge in [-0.3, -0.25) is 4.79 Å². The van der Waals surface area contributed by atoms with Gasteiger partial charge in [0.05, 0.1) is 17.8 Å². The van der Waals surface area contributed by atoms with Crippen LogP contribution in [0.1, 0.15) is 16.8 Å². The van der Waals surface area contributed by atoms with Gasteiger partial charge in [-0.25, -0.2) is 4.68 Å². The Morgan fingerprint density at radius 2 is 2.17 bits per heavy atom. The summed E-state index contributed by atoms with van der Waals surface area (Å²) < 4.78 is 2.74. The molecule has 0 fully saturated rings. The first-order valence-corrected chi connectivity index (χ1v) is 6.30. The molecule has 0 aliphatic carbocycles. The second-order valence-corrected chi connectivity index (χ2v) is 5.10. The van der Waals surface area contributed by atoms with Gasteiger partial charge >= 0.3 is 5.97 Å². The highest BCUT2D eigenvalue weighted by Crippen LogP contribution is 2.20. The van der Waals surface area contributed by atoms with Crippen molar-refractivity contribution in [2.75, 3.05) is 0 Å². The predicted molar refractivity (Wildman–Crippen MR) is 72.1 cm³/mol. The molecule has 4 nitrogen and oxygen atoms in total. The lowest BCUT2D eigenvalue weighted by Crippen LogP contribution is -2.00. The first-order chi connectivity index (χ1) is 8.47. The van der Waals surface area contributed by atoms with Gasteiger partial charge in [-0.05, 0) is 37.6 Å². The molecule has 5 heteroatoms. The highest BCUT2D eigenvalue weighted by atomic mass is 79.9.